The smallest absolute Gasteiger partial charge is 0.156 e. The normalized spacial score (nSPS) is 21.4. The molecule has 1 heterocycles. The van der Waals surface area contributed by atoms with Gasteiger partial charge < -0.3 is 5.32 Å². The van der Waals surface area contributed by atoms with E-state index in [0.29, 0.717) is 5.41 Å². The number of benzene rings is 1. The molecule has 1 aliphatic carbocycles. The number of hydrogen-bond donors (Lipinski definition) is 1. The van der Waals surface area contributed by atoms with E-state index in [1.165, 1.54) is 37.0 Å². The highest BCUT2D eigenvalue weighted by atomic mass is 79.9. The van der Waals surface area contributed by atoms with Crippen LogP contribution < -0.4 is 5.32 Å². The molecule has 0 saturated heterocycles. The summed E-state index contributed by atoms with van der Waals surface area (Å²) in [5.74, 6) is 1.25. The molecule has 1 fully saturated rings. The van der Waals surface area contributed by atoms with Gasteiger partial charge in [-0.25, -0.2) is 0 Å². The highest BCUT2D eigenvalue weighted by molar-refractivity contribution is 9.10. The lowest BCUT2D eigenvalue weighted by atomic mass is 9.89. The van der Waals surface area contributed by atoms with E-state index in [-0.39, 0.29) is 0 Å². The number of rotatable bonds is 2. The van der Waals surface area contributed by atoms with Crippen molar-refractivity contribution in [1.29, 1.82) is 0 Å². The van der Waals surface area contributed by atoms with Crippen molar-refractivity contribution in [2.75, 3.05) is 12.3 Å². The number of amidine groups is 1. The van der Waals surface area contributed by atoms with Gasteiger partial charge in [0.05, 0.1) is 0 Å². The minimum Gasteiger partial charge on any atom is -0.361 e. The third-order valence-electron chi connectivity index (χ3n) is 4.09. The second kappa shape index (κ2) is 5.88. The van der Waals surface area contributed by atoms with Crippen LogP contribution in [0.15, 0.2) is 33.7 Å². The van der Waals surface area contributed by atoms with Crippen molar-refractivity contribution in [2.24, 2.45) is 10.4 Å². The van der Waals surface area contributed by atoms with Gasteiger partial charge in [0.25, 0.3) is 0 Å². The summed E-state index contributed by atoms with van der Waals surface area (Å²) in [5, 5.41) is 4.59. The second-order valence-electron chi connectivity index (χ2n) is 5.60. The number of nitrogens with one attached hydrogen (secondary N) is 1. The van der Waals surface area contributed by atoms with Crippen molar-refractivity contribution >= 4 is 32.9 Å². The van der Waals surface area contributed by atoms with Crippen LogP contribution in [0.3, 0.4) is 0 Å². The van der Waals surface area contributed by atoms with Gasteiger partial charge in [0.1, 0.15) is 0 Å². The Balaban J connectivity index is 1.54. The van der Waals surface area contributed by atoms with Gasteiger partial charge in [-0.3, -0.25) is 4.99 Å². The molecule has 102 valence electrons. The Morgan fingerprint density at radius 2 is 1.95 bits per heavy atom. The van der Waals surface area contributed by atoms with Crippen LogP contribution in [0.1, 0.15) is 31.2 Å². The van der Waals surface area contributed by atoms with Gasteiger partial charge in [-0.2, -0.15) is 0 Å². The first-order chi connectivity index (χ1) is 9.26. The number of nitrogens with zero attached hydrogens (tertiary/aromatic N) is 1. The van der Waals surface area contributed by atoms with E-state index >= 15 is 0 Å². The lowest BCUT2D eigenvalue weighted by molar-refractivity contribution is 0.358. The Morgan fingerprint density at radius 1 is 1.21 bits per heavy atom. The molecule has 4 heteroatoms. The summed E-state index contributed by atoms with van der Waals surface area (Å²) in [5.41, 5.74) is 1.83. The van der Waals surface area contributed by atoms with Crippen molar-refractivity contribution in [3.8, 4) is 0 Å². The topological polar surface area (TPSA) is 24.4 Å². The largest absolute Gasteiger partial charge is 0.361 e. The third-order valence-corrected chi connectivity index (χ3v) is 5.93. The van der Waals surface area contributed by atoms with Crippen molar-refractivity contribution < 1.29 is 0 Å². The van der Waals surface area contributed by atoms with Gasteiger partial charge in [0.2, 0.25) is 0 Å². The molecule has 3 rings (SSSR count). The van der Waals surface area contributed by atoms with Crippen molar-refractivity contribution in [1.82, 2.24) is 5.32 Å². The van der Waals surface area contributed by atoms with Crippen molar-refractivity contribution in [3.05, 3.63) is 34.3 Å². The molecule has 0 unspecified atom stereocenters. The van der Waals surface area contributed by atoms with Gasteiger partial charge >= 0.3 is 0 Å². The molecule has 1 aromatic rings. The fourth-order valence-electron chi connectivity index (χ4n) is 2.87. The standard InChI is InChI=1S/C15H19BrN2S/c16-13-5-3-12(4-6-13)9-17-14-18-10-15(11-19-14)7-1-2-8-15/h3-6H,1-2,7-11H2,(H,17,18). The second-order valence-corrected chi connectivity index (χ2v) is 7.48. The minimum absolute atomic E-state index is 0.535. The average Bonchev–Trinajstić information content (AvgIpc) is 2.89. The van der Waals surface area contributed by atoms with Gasteiger partial charge in [-0.15, -0.1) is 0 Å². The van der Waals surface area contributed by atoms with Crippen LogP contribution in [-0.2, 0) is 6.54 Å². The van der Waals surface area contributed by atoms with E-state index in [1.807, 2.05) is 11.8 Å². The molecule has 0 amide bonds. The molecule has 0 aromatic heterocycles. The van der Waals surface area contributed by atoms with Crippen molar-refractivity contribution in [3.63, 3.8) is 0 Å². The molecule has 1 N–H and O–H groups in total. The summed E-state index contributed by atoms with van der Waals surface area (Å²) in [6, 6.07) is 8.45. The number of thioether (sulfide) groups is 1. The molecule has 2 aliphatic rings. The highest BCUT2D eigenvalue weighted by Gasteiger charge is 2.36. The van der Waals surface area contributed by atoms with E-state index in [2.05, 4.69) is 45.5 Å². The molecule has 1 saturated carbocycles. The van der Waals surface area contributed by atoms with E-state index in [1.54, 1.807) is 0 Å². The van der Waals surface area contributed by atoms with Crippen LogP contribution in [0.2, 0.25) is 0 Å². The maximum atomic E-state index is 4.76. The number of halogens is 1. The summed E-state index contributed by atoms with van der Waals surface area (Å²) < 4.78 is 1.13. The van der Waals surface area contributed by atoms with E-state index in [9.17, 15) is 0 Å². The third kappa shape index (κ3) is 3.34. The predicted octanol–water partition coefficient (Wildman–Crippen LogP) is 4.20. The Bertz CT molecular complexity index is 464. The maximum absolute atomic E-state index is 4.76. The SMILES string of the molecule is Brc1ccc(CNC2=NCC3(CCCC3)CS2)cc1. The number of aliphatic imine (C=N–C) groups is 1. The zero-order valence-electron chi connectivity index (χ0n) is 11.0. The molecule has 1 aliphatic heterocycles. The molecule has 0 bridgehead atoms. The molecule has 2 nitrogen and oxygen atoms in total. The van der Waals surface area contributed by atoms with Crippen LogP contribution >= 0.6 is 27.7 Å². The summed E-state index contributed by atoms with van der Waals surface area (Å²) in [6.45, 7) is 1.90. The van der Waals surface area contributed by atoms with E-state index in [0.717, 1.165) is 22.7 Å². The minimum atomic E-state index is 0.535. The van der Waals surface area contributed by atoms with Gasteiger partial charge in [0, 0.05) is 23.3 Å². The summed E-state index contributed by atoms with van der Waals surface area (Å²) >= 11 is 5.37. The monoisotopic (exact) mass is 338 g/mol. The Kier molecular flexibility index (Phi) is 4.18. The predicted molar refractivity (Wildman–Crippen MR) is 86.6 cm³/mol. The lowest BCUT2D eigenvalue weighted by Gasteiger charge is -2.31. The molecule has 0 atom stereocenters. The van der Waals surface area contributed by atoms with Crippen LogP contribution in [0.25, 0.3) is 0 Å². The lowest BCUT2D eigenvalue weighted by Crippen LogP contribution is -2.33. The zero-order chi connectivity index (χ0) is 13.1. The van der Waals surface area contributed by atoms with Crippen molar-refractivity contribution in [2.45, 2.75) is 32.2 Å². The molecule has 1 spiro atoms. The zero-order valence-corrected chi connectivity index (χ0v) is 13.4. The van der Waals surface area contributed by atoms with Crippen LogP contribution in [0.4, 0.5) is 0 Å². The Hall–Kier alpha value is -0.480. The van der Waals surface area contributed by atoms with Gasteiger partial charge in [0.15, 0.2) is 5.17 Å². The molecule has 19 heavy (non-hydrogen) atoms. The first-order valence-electron chi connectivity index (χ1n) is 6.91. The van der Waals surface area contributed by atoms with E-state index in [4.69, 9.17) is 4.99 Å². The van der Waals surface area contributed by atoms with Gasteiger partial charge in [-0.1, -0.05) is 52.7 Å². The maximum Gasteiger partial charge on any atom is 0.156 e. The molecular formula is C15H19BrN2S. The summed E-state index contributed by atoms with van der Waals surface area (Å²) in [6.07, 6.45) is 5.56. The molecular weight excluding hydrogens is 320 g/mol. The molecule has 1 aromatic carbocycles. The quantitative estimate of drug-likeness (QED) is 0.873. The van der Waals surface area contributed by atoms with Gasteiger partial charge in [-0.05, 0) is 36.0 Å². The fourth-order valence-corrected chi connectivity index (χ4v) is 4.28. The van der Waals surface area contributed by atoms with Crippen LogP contribution in [0, 0.1) is 5.41 Å². The first-order valence-corrected chi connectivity index (χ1v) is 8.69. The highest BCUT2D eigenvalue weighted by Crippen LogP contribution is 2.43. The number of hydrogen-bond acceptors (Lipinski definition) is 3. The average molecular weight is 339 g/mol. The summed E-state index contributed by atoms with van der Waals surface area (Å²) in [4.78, 5) is 4.76. The first kappa shape index (κ1) is 13.5. The Labute approximate surface area is 127 Å². The van der Waals surface area contributed by atoms with Crippen LogP contribution in [0.5, 0.6) is 0 Å². The Morgan fingerprint density at radius 3 is 2.58 bits per heavy atom. The summed E-state index contributed by atoms with van der Waals surface area (Å²) in [7, 11) is 0. The fraction of sp³-hybridized carbons (Fsp3) is 0.533. The van der Waals surface area contributed by atoms with E-state index < -0.39 is 0 Å². The molecule has 0 radical (unpaired) electrons. The van der Waals surface area contributed by atoms with Crippen LogP contribution in [-0.4, -0.2) is 17.5 Å².